The summed E-state index contributed by atoms with van der Waals surface area (Å²) in [6.45, 7) is -0.102. The van der Waals surface area contributed by atoms with Gasteiger partial charge in [0.2, 0.25) is 11.8 Å². The van der Waals surface area contributed by atoms with Crippen LogP contribution < -0.4 is 5.32 Å². The van der Waals surface area contributed by atoms with Gasteiger partial charge in [0.25, 0.3) is 0 Å². The van der Waals surface area contributed by atoms with Gasteiger partial charge in [-0.25, -0.2) is 14.8 Å². The van der Waals surface area contributed by atoms with Crippen LogP contribution in [-0.2, 0) is 4.79 Å². The zero-order chi connectivity index (χ0) is 14.8. The number of carbonyl (C=O) groups excluding carboxylic acids is 2. The third-order valence-electron chi connectivity index (χ3n) is 2.73. The second-order valence-electron chi connectivity index (χ2n) is 4.23. The highest BCUT2D eigenvalue weighted by Gasteiger charge is 2.26. The molecule has 0 saturated carbocycles. The van der Waals surface area contributed by atoms with Gasteiger partial charge in [-0.1, -0.05) is 28.1 Å². The predicted octanol–water partition coefficient (Wildman–Crippen LogP) is 1.99. The zero-order valence-electron chi connectivity index (χ0n) is 10.6. The third-order valence-corrected chi connectivity index (χ3v) is 3.26. The van der Waals surface area contributed by atoms with Gasteiger partial charge < -0.3 is 4.42 Å². The van der Waals surface area contributed by atoms with E-state index >= 15 is 0 Å². The summed E-state index contributed by atoms with van der Waals surface area (Å²) < 4.78 is 6.48. The molecular weight excluding hydrogens is 343 g/mol. The number of imide groups is 1. The smallest absolute Gasteiger partial charge is 0.344 e. The lowest BCUT2D eigenvalue weighted by molar-refractivity contribution is -0.118. The topological polar surface area (TPSA) is 87.8 Å². The van der Waals surface area contributed by atoms with Gasteiger partial charge in [-0.3, -0.25) is 10.1 Å². The van der Waals surface area contributed by atoms with Crippen molar-refractivity contribution in [2.75, 3.05) is 6.54 Å². The number of nitrogens with zero attached hydrogens (tertiary/aromatic N) is 3. The SMILES string of the molecule is O=[13C]1[13CH2]N(/N=C/c2ncc(-c3ccc(Br)cc3)o2)[13C](=O)N1. The molecular formula is C13H9BrN4O3. The van der Waals surface area contributed by atoms with E-state index < -0.39 is 6.03 Å². The number of benzene rings is 1. The van der Waals surface area contributed by atoms with E-state index in [0.29, 0.717) is 5.76 Å². The van der Waals surface area contributed by atoms with Crippen molar-refractivity contribution in [3.8, 4) is 11.3 Å². The van der Waals surface area contributed by atoms with Crippen molar-refractivity contribution in [1.82, 2.24) is 15.3 Å². The van der Waals surface area contributed by atoms with Crippen LogP contribution in [0, 0.1) is 0 Å². The highest BCUT2D eigenvalue weighted by Crippen LogP contribution is 2.22. The number of rotatable bonds is 3. The fourth-order valence-corrected chi connectivity index (χ4v) is 2.00. The maximum Gasteiger partial charge on any atom is 0.344 e. The molecule has 1 aromatic heterocycles. The monoisotopic (exact) mass is 351 g/mol. The number of carbonyl (C=O) groups is 2. The van der Waals surface area contributed by atoms with Crippen molar-refractivity contribution in [2.24, 2.45) is 5.10 Å². The molecule has 1 aliphatic heterocycles. The first-order valence-corrected chi connectivity index (χ1v) is 6.78. The second kappa shape index (κ2) is 5.49. The van der Waals surface area contributed by atoms with E-state index in [2.05, 4.69) is 31.3 Å². The first kappa shape index (κ1) is 13.5. The number of urea groups is 1. The summed E-state index contributed by atoms with van der Waals surface area (Å²) in [5.41, 5.74) is 0.874. The Hall–Kier alpha value is -2.48. The van der Waals surface area contributed by atoms with Crippen LogP contribution in [0.3, 0.4) is 0 Å². The number of amides is 3. The zero-order valence-corrected chi connectivity index (χ0v) is 12.2. The standard InChI is InChI=1S/C13H9BrN4O3/c14-9-3-1-8(2-4-9)10-5-15-12(21-10)6-16-18-7-11(19)17-13(18)20/h1-6H,7H2,(H,17,19,20)/b16-6+/i7+1,11+1,13+1. The molecule has 3 amide bonds. The molecule has 2 aromatic rings. The van der Waals surface area contributed by atoms with Gasteiger partial charge in [0.1, 0.15) is 12.8 Å². The van der Waals surface area contributed by atoms with Crippen molar-refractivity contribution >= 4 is 34.1 Å². The largest absolute Gasteiger partial charge is 0.435 e. The Kier molecular flexibility index (Phi) is 3.53. The number of aromatic nitrogens is 1. The Labute approximate surface area is 127 Å². The van der Waals surface area contributed by atoms with Crippen LogP contribution in [0.5, 0.6) is 0 Å². The summed E-state index contributed by atoms with van der Waals surface area (Å²) in [5.74, 6) is 0.450. The van der Waals surface area contributed by atoms with Crippen molar-refractivity contribution in [2.45, 2.75) is 0 Å². The van der Waals surface area contributed by atoms with Crippen molar-refractivity contribution in [3.05, 3.63) is 40.8 Å². The molecule has 2 heterocycles. The van der Waals surface area contributed by atoms with E-state index in [1.807, 2.05) is 24.3 Å². The number of hydrogen-bond donors (Lipinski definition) is 1. The molecule has 0 bridgehead atoms. The Balaban J connectivity index is 1.75. The number of halogens is 1. The summed E-state index contributed by atoms with van der Waals surface area (Å²) in [4.78, 5) is 26.3. The van der Waals surface area contributed by atoms with Crippen LogP contribution in [0.15, 0.2) is 44.5 Å². The second-order valence-corrected chi connectivity index (χ2v) is 5.14. The van der Waals surface area contributed by atoms with Crippen molar-refractivity contribution in [1.29, 1.82) is 0 Å². The minimum Gasteiger partial charge on any atom is -0.435 e. The normalized spacial score (nSPS) is 15.0. The third kappa shape index (κ3) is 3.00. The number of hydrazone groups is 1. The molecule has 0 atom stereocenters. The maximum absolute atomic E-state index is 11.3. The number of nitrogens with one attached hydrogen (secondary N) is 1. The molecule has 7 nitrogen and oxygen atoms in total. The van der Waals surface area contributed by atoms with Crippen LogP contribution >= 0.6 is 15.9 Å². The van der Waals surface area contributed by atoms with Crippen LogP contribution in [0.2, 0.25) is 0 Å². The summed E-state index contributed by atoms with van der Waals surface area (Å²) in [6.07, 6.45) is 2.86. The fourth-order valence-electron chi connectivity index (χ4n) is 1.74. The minimum absolute atomic E-state index is 0.102. The summed E-state index contributed by atoms with van der Waals surface area (Å²) in [5, 5.41) is 6.98. The lowest BCUT2D eigenvalue weighted by Gasteiger charge is -2.02. The molecule has 0 radical (unpaired) electrons. The lowest BCUT2D eigenvalue weighted by Crippen LogP contribution is -2.24. The predicted molar refractivity (Wildman–Crippen MR) is 77.5 cm³/mol. The highest BCUT2D eigenvalue weighted by atomic mass is 79.9. The van der Waals surface area contributed by atoms with Crippen molar-refractivity contribution < 1.29 is 14.0 Å². The highest BCUT2D eigenvalue weighted by molar-refractivity contribution is 9.10. The van der Waals surface area contributed by atoms with Gasteiger partial charge in [-0.05, 0) is 12.1 Å². The Bertz CT molecular complexity index is 723. The van der Waals surface area contributed by atoms with Gasteiger partial charge in [-0.2, -0.15) is 5.10 Å². The average Bonchev–Trinajstić information content (AvgIpc) is 3.04. The number of oxazole rings is 1. The molecule has 106 valence electrons. The van der Waals surface area contributed by atoms with Crippen LogP contribution in [-0.4, -0.2) is 34.7 Å². The molecule has 8 heteroatoms. The lowest BCUT2D eigenvalue weighted by atomic mass is 10.2. The molecule has 1 saturated heterocycles. The molecule has 1 aliphatic rings. The number of hydrogen-bond acceptors (Lipinski definition) is 5. The first-order chi connectivity index (χ1) is 10.1. The molecule has 0 aliphatic carbocycles. The summed E-state index contributed by atoms with van der Waals surface area (Å²) in [7, 11) is 0. The fraction of sp³-hybridized carbons (Fsp3) is 0.0769. The summed E-state index contributed by atoms with van der Waals surface area (Å²) in [6, 6.07) is 7.00. The summed E-state index contributed by atoms with van der Waals surface area (Å²) >= 11 is 3.36. The molecule has 1 fully saturated rings. The van der Waals surface area contributed by atoms with Crippen LogP contribution in [0.25, 0.3) is 11.3 Å². The van der Waals surface area contributed by atoms with E-state index in [1.54, 1.807) is 6.20 Å². The first-order valence-electron chi connectivity index (χ1n) is 5.99. The van der Waals surface area contributed by atoms with Gasteiger partial charge >= 0.3 is 6.03 Å². The van der Waals surface area contributed by atoms with E-state index in [0.717, 1.165) is 15.0 Å². The van der Waals surface area contributed by atoms with Gasteiger partial charge in [0.05, 0.1) is 6.20 Å². The average molecular weight is 352 g/mol. The molecule has 1 N–H and O–H groups in total. The van der Waals surface area contributed by atoms with Gasteiger partial charge in [0.15, 0.2) is 5.76 Å². The Morgan fingerprint density at radius 3 is 2.76 bits per heavy atom. The van der Waals surface area contributed by atoms with Crippen LogP contribution in [0.4, 0.5) is 4.79 Å². The van der Waals surface area contributed by atoms with Crippen LogP contribution in [0.1, 0.15) is 5.89 Å². The van der Waals surface area contributed by atoms with Gasteiger partial charge in [-0.15, -0.1) is 0 Å². The van der Waals surface area contributed by atoms with Crippen molar-refractivity contribution in [3.63, 3.8) is 0 Å². The Morgan fingerprint density at radius 1 is 1.33 bits per heavy atom. The molecule has 0 unspecified atom stereocenters. The maximum atomic E-state index is 11.3. The molecule has 0 spiro atoms. The Morgan fingerprint density at radius 2 is 2.10 bits per heavy atom. The van der Waals surface area contributed by atoms with E-state index in [1.165, 1.54) is 6.21 Å². The molecule has 3 rings (SSSR count). The van der Waals surface area contributed by atoms with E-state index in [9.17, 15) is 9.59 Å². The molecule has 1 aromatic carbocycles. The quantitative estimate of drug-likeness (QED) is 0.520. The molecule has 21 heavy (non-hydrogen) atoms. The van der Waals surface area contributed by atoms with E-state index in [4.69, 9.17) is 4.42 Å². The minimum atomic E-state index is -0.559. The van der Waals surface area contributed by atoms with E-state index in [-0.39, 0.29) is 18.3 Å². The van der Waals surface area contributed by atoms with Gasteiger partial charge in [0, 0.05) is 10.0 Å².